The first-order valence-electron chi connectivity index (χ1n) is 33.2. The summed E-state index contributed by atoms with van der Waals surface area (Å²) >= 11 is 0. The van der Waals surface area contributed by atoms with E-state index in [-0.39, 0.29) is 106 Å². The Morgan fingerprint density at radius 2 is 1.15 bits per heavy atom. The number of fused-ring (bicyclic) bond motifs is 5. The topological polar surface area (TPSA) is 690 Å². The summed E-state index contributed by atoms with van der Waals surface area (Å²) < 4.78 is 0. The molecule has 41 nitrogen and oxygen atoms in total. The van der Waals surface area contributed by atoms with E-state index in [2.05, 4.69) is 94.8 Å². The highest BCUT2D eigenvalue weighted by Crippen LogP contribution is 2.36. The quantitative estimate of drug-likeness (QED) is 0.0198. The summed E-state index contributed by atoms with van der Waals surface area (Å²) in [6.45, 7) is 6.46. The number of amides is 15. The summed E-state index contributed by atoms with van der Waals surface area (Å²) in [5, 5.41) is 41.6. The fourth-order valence-electron chi connectivity index (χ4n) is 9.90. The zero-order valence-corrected chi connectivity index (χ0v) is 61.7. The summed E-state index contributed by atoms with van der Waals surface area (Å²) in [7, 11) is 3.89. The molecule has 580 valence electrons. The molecule has 104 heavy (non-hydrogen) atoms. The van der Waals surface area contributed by atoms with E-state index in [0.717, 1.165) is 43.2 Å². The number of primary amides is 2. The molecular formula is C59H101N24O17S4+3. The first kappa shape index (κ1) is 88.8. The smallest absolute Gasteiger partial charge is 0.338 e. The molecule has 12 atom stereocenters. The van der Waals surface area contributed by atoms with E-state index in [4.69, 9.17) is 34.4 Å². The fourth-order valence-corrected chi connectivity index (χ4v) is 15.8. The Labute approximate surface area is 614 Å². The Bertz CT molecular complexity index is 3220. The number of aromatic nitrogens is 2. The highest BCUT2D eigenvalue weighted by molar-refractivity contribution is 8.78. The molecule has 0 aliphatic carbocycles. The van der Waals surface area contributed by atoms with Crippen LogP contribution in [0, 0.1) is 11.8 Å². The average Bonchev–Trinajstić information content (AvgIpc) is 1.90. The first-order chi connectivity index (χ1) is 49.0. The van der Waals surface area contributed by atoms with E-state index in [1.807, 2.05) is 0 Å². The number of nitrogens with two attached hydrogens (primary N) is 6. The third-order valence-electron chi connectivity index (χ3n) is 15.2. The number of H-pyrrole nitrogens is 1. The number of hydrogen-bond donors (Lipinski definition) is 24. The fraction of sp³-hybridized carbons (Fsp3) is 0.644. The number of imidazole rings is 1. The lowest BCUT2D eigenvalue weighted by Gasteiger charge is -2.28. The second-order valence-corrected chi connectivity index (χ2v) is 30.4. The van der Waals surface area contributed by atoms with Gasteiger partial charge in [-0.15, -0.1) is 0 Å². The highest BCUT2D eigenvalue weighted by atomic mass is 33.1. The third kappa shape index (κ3) is 34.7. The molecule has 1 aromatic heterocycles. The Morgan fingerprint density at radius 1 is 0.615 bits per heavy atom. The molecule has 32 N–H and O–H groups in total. The normalized spacial score (nSPS) is 24.4. The van der Waals surface area contributed by atoms with Gasteiger partial charge in [-0.3, -0.25) is 110 Å². The van der Waals surface area contributed by atoms with Crippen LogP contribution in [-0.2, 0) is 83.1 Å². The maximum Gasteiger partial charge on any atom is 0.338 e. The number of nitrogens with zero attached hydrogens (tertiary/aromatic N) is 1. The van der Waals surface area contributed by atoms with Crippen molar-refractivity contribution in [2.45, 2.75) is 177 Å². The highest BCUT2D eigenvalue weighted by Gasteiger charge is 2.38. The van der Waals surface area contributed by atoms with Crippen LogP contribution in [0.2, 0.25) is 0 Å². The van der Waals surface area contributed by atoms with Crippen LogP contribution in [0.5, 0.6) is 0 Å². The molecule has 3 heterocycles. The van der Waals surface area contributed by atoms with E-state index < -0.39 is 211 Å². The van der Waals surface area contributed by atoms with Gasteiger partial charge in [0.05, 0.1) is 38.9 Å². The maximum absolute atomic E-state index is 14.9. The van der Waals surface area contributed by atoms with Crippen molar-refractivity contribution >= 4 is 150 Å². The van der Waals surface area contributed by atoms with Gasteiger partial charge >= 0.3 is 17.9 Å². The lowest BCUT2D eigenvalue weighted by Crippen LogP contribution is -2.78. The number of nitrogens with one attached hydrogen (secondary N) is 16. The van der Waals surface area contributed by atoms with E-state index in [0.29, 0.717) is 0 Å². The average molecular weight is 1550 g/mol. The second-order valence-electron chi connectivity index (χ2n) is 25.1. The van der Waals surface area contributed by atoms with Crippen molar-refractivity contribution in [2.75, 3.05) is 50.0 Å². The van der Waals surface area contributed by atoms with Crippen molar-refractivity contribution in [3.8, 4) is 0 Å². The molecule has 2 aliphatic rings. The van der Waals surface area contributed by atoms with Gasteiger partial charge in [-0.1, -0.05) is 70.9 Å². The largest absolute Gasteiger partial charge is 0.481 e. The molecule has 2 saturated heterocycles. The van der Waals surface area contributed by atoms with Crippen molar-refractivity contribution in [1.29, 1.82) is 0 Å². The summed E-state index contributed by atoms with van der Waals surface area (Å²) in [6.07, 6.45) is -0.708. The molecular weight excluding hydrogens is 1450 g/mol. The zero-order chi connectivity index (χ0) is 77.8. The van der Waals surface area contributed by atoms with Gasteiger partial charge in [0.1, 0.15) is 66.5 Å². The number of rotatable bonds is 24. The molecule has 2 bridgehead atoms. The summed E-state index contributed by atoms with van der Waals surface area (Å²) in [5.74, 6) is -18.1. The van der Waals surface area contributed by atoms with Crippen molar-refractivity contribution < 1.29 is 97.5 Å². The van der Waals surface area contributed by atoms with Crippen molar-refractivity contribution in [3.05, 3.63) is 18.2 Å². The summed E-state index contributed by atoms with van der Waals surface area (Å²) in [5.41, 5.74) is 37.6. The standard InChI is InChI=1S/C59H98N24O17S4/c1-27(2)14-35(47(62)90)79-57(100)41-25-103-104-31-17-38(75-43(85)19-60)53(96)73-29(5)48(91)80-36(15-28(3)4)50(93)71-21-44(86)74-32(8-6-12-68-58(63)64)49(92)70-22-45(87)76-40(24-102-101-23-31)56(99)78-34(10-11-46(88)89)52(95)82-39(18-42(61)84)55(98)81-37(16-30-20-67-26-72-30)54(97)77-33(51(94)83-41)9-7-13-69-59(65)66/h20,26-29,31-41H,6-19,21-25,60H2,1-5H3,(H2,61,84)(H2,62,90)(H,67,72)(H,70,92)(H,71,93)(H,73,96)(H,74,86)(H,75,85)(H,76,87)(H,77,97)(H,78,99)(H,79,100)(H,80,91)(H,81,98)(H,82,95)(H,83,94)(H,88,89)(H4,63,64,68)(H4,65,66,69)/p+3/t29-,31-,32-,33-,34-,35-,36-,37-,38-,39-,40-,41-/m0/s1. The molecule has 0 unspecified atom stereocenters. The molecule has 0 aromatic carbocycles. The Morgan fingerprint density at radius 3 is 1.72 bits per heavy atom. The van der Waals surface area contributed by atoms with E-state index in [9.17, 15) is 81.8 Å². The van der Waals surface area contributed by atoms with Gasteiger partial charge in [0.2, 0.25) is 82.7 Å². The van der Waals surface area contributed by atoms with Gasteiger partial charge in [-0.05, 0) is 70.1 Å². The van der Waals surface area contributed by atoms with Crippen molar-refractivity contribution in [3.63, 3.8) is 0 Å². The zero-order valence-electron chi connectivity index (χ0n) is 58.4. The summed E-state index contributed by atoms with van der Waals surface area (Å²) in [6, 6.07) is -17.3. The molecule has 15 amide bonds. The number of carbonyl (C=O) groups excluding carboxylic acids is 15. The molecule has 3 rings (SSSR count). The van der Waals surface area contributed by atoms with E-state index in [1.165, 1.54) is 19.4 Å². The van der Waals surface area contributed by atoms with Crippen molar-refractivity contribution in [1.82, 2.24) is 79.1 Å². The predicted octanol–water partition coefficient (Wildman–Crippen LogP) is -13.1. The molecule has 0 spiro atoms. The van der Waals surface area contributed by atoms with Gasteiger partial charge in [0.25, 0.3) is 5.91 Å². The van der Waals surface area contributed by atoms with Gasteiger partial charge in [-0.25, -0.2) is 4.98 Å². The second kappa shape index (κ2) is 46.4. The lowest BCUT2D eigenvalue weighted by atomic mass is 10.0. The first-order valence-corrected chi connectivity index (χ1v) is 38.1. The van der Waals surface area contributed by atoms with Gasteiger partial charge in [0, 0.05) is 47.2 Å². The number of carboxylic acids is 1. The van der Waals surface area contributed by atoms with Crippen LogP contribution in [0.25, 0.3) is 0 Å². The third-order valence-corrected chi connectivity index (χ3v) is 20.8. The van der Waals surface area contributed by atoms with Crippen LogP contribution in [0.1, 0.15) is 105 Å². The number of hydrogen-bond acceptors (Lipinski definition) is 21. The number of quaternary nitrogens is 1. The minimum atomic E-state index is -1.98. The lowest BCUT2D eigenvalue weighted by molar-refractivity contribution is -0.460. The Hall–Kier alpha value is -9.37. The van der Waals surface area contributed by atoms with Crippen LogP contribution in [0.3, 0.4) is 0 Å². The monoisotopic (exact) mass is 1550 g/mol. The van der Waals surface area contributed by atoms with Gasteiger partial charge < -0.3 is 96.4 Å². The molecule has 0 saturated carbocycles. The van der Waals surface area contributed by atoms with Crippen LogP contribution in [0.15, 0.2) is 12.5 Å². The molecule has 1 aromatic rings. The van der Waals surface area contributed by atoms with Crippen molar-refractivity contribution in [2.24, 2.45) is 46.2 Å². The van der Waals surface area contributed by atoms with Crippen LogP contribution < -0.4 is 119 Å². The van der Waals surface area contributed by atoms with Crippen LogP contribution >= 0.6 is 43.2 Å². The molecule has 0 radical (unpaired) electrons. The van der Waals surface area contributed by atoms with E-state index in [1.54, 1.807) is 27.7 Å². The number of guanidine groups is 2. The van der Waals surface area contributed by atoms with E-state index >= 15 is 0 Å². The maximum atomic E-state index is 14.9. The minimum absolute atomic E-state index is 0.0279. The number of carboxylic acid groups (broad SMARTS) is 1. The molecule has 2 fully saturated rings. The van der Waals surface area contributed by atoms with Gasteiger partial charge in [0.15, 0.2) is 6.54 Å². The summed E-state index contributed by atoms with van der Waals surface area (Å²) in [4.78, 5) is 235. The number of carbonyl (C=O) groups is 16. The number of aliphatic carboxylic acids is 1. The predicted molar refractivity (Wildman–Crippen MR) is 382 cm³/mol. The van der Waals surface area contributed by atoms with Crippen LogP contribution in [-0.4, -0.2) is 243 Å². The SMILES string of the molecule is CC(C)C[C@H](NC(=O)[C@@H]1CSS[C@@H]2CSSC[C@H](NC(=O)CNC(=O)[C@H](CCC[NH+]=C(N)N)NC(=O)CNC(=O)[C@H](CC(C)C)NC(=O)[C@H](C)NC(=O)[C@@H](NC(=O)C[NH3+])C2)C(=O)N[C@@H](CCC(=O)O)C(=O)N[C@@H](CC(N)=O)C(=O)N[C@@H](Cc2cnc[nH]2)C(=O)N[C@@H](CCC[NH+]=C(N)N)C(=O)N1)C(N)=O. The molecule has 2 aliphatic heterocycles. The van der Waals surface area contributed by atoms with Gasteiger partial charge in [-0.2, -0.15) is 0 Å². The number of aromatic amines is 1. The minimum Gasteiger partial charge on any atom is -0.481 e. The Kier molecular flexibility index (Phi) is 39.6. The van der Waals surface area contributed by atoms with Crippen LogP contribution in [0.4, 0.5) is 0 Å². The molecule has 45 heteroatoms. The Balaban J connectivity index is 2.42.